The van der Waals surface area contributed by atoms with Crippen LogP contribution in [0.3, 0.4) is 0 Å². The minimum atomic E-state index is -0.619. The number of hydrogen-bond donors (Lipinski definition) is 2. The van der Waals surface area contributed by atoms with E-state index in [-0.39, 0.29) is 31.3 Å². The molecule has 0 saturated carbocycles. The number of hydrogen-bond acceptors (Lipinski definition) is 4. The first-order valence-electron chi connectivity index (χ1n) is 5.43. The van der Waals surface area contributed by atoms with Crippen LogP contribution in [-0.2, 0) is 4.79 Å². The van der Waals surface area contributed by atoms with Crippen LogP contribution in [0.2, 0.25) is 0 Å². The van der Waals surface area contributed by atoms with Gasteiger partial charge in [0.05, 0.1) is 11.8 Å². The number of rotatable bonds is 9. The van der Waals surface area contributed by atoms with E-state index >= 15 is 0 Å². The summed E-state index contributed by atoms with van der Waals surface area (Å²) >= 11 is 10.8. The van der Waals surface area contributed by atoms with Crippen molar-refractivity contribution in [3.05, 3.63) is 4.91 Å². The first-order chi connectivity index (χ1) is 8.65. The summed E-state index contributed by atoms with van der Waals surface area (Å²) in [6, 6.07) is -0.619. The molecular weight excluding hydrogens is 283 g/mol. The van der Waals surface area contributed by atoms with Crippen LogP contribution in [0.4, 0.5) is 4.79 Å². The Bertz CT molecular complexity index is 279. The highest BCUT2D eigenvalue weighted by molar-refractivity contribution is 6.18. The molecule has 0 saturated heterocycles. The van der Waals surface area contributed by atoms with Gasteiger partial charge in [-0.15, -0.1) is 28.1 Å². The topological polar surface area (TPSA) is 90.9 Å². The molecule has 0 aliphatic heterocycles. The van der Waals surface area contributed by atoms with Crippen LogP contribution in [-0.4, -0.2) is 48.3 Å². The fourth-order valence-electron chi connectivity index (χ4n) is 1.07. The van der Waals surface area contributed by atoms with Gasteiger partial charge in [-0.2, -0.15) is 5.01 Å². The fourth-order valence-corrected chi connectivity index (χ4v) is 1.32. The van der Waals surface area contributed by atoms with Gasteiger partial charge in [-0.25, -0.2) is 4.79 Å². The van der Waals surface area contributed by atoms with Gasteiger partial charge in [0, 0.05) is 31.3 Å². The molecule has 0 atom stereocenters. The Morgan fingerprint density at radius 2 is 1.83 bits per heavy atom. The lowest BCUT2D eigenvalue weighted by Crippen LogP contribution is -2.38. The zero-order valence-electron chi connectivity index (χ0n) is 9.82. The molecule has 0 fully saturated rings. The van der Waals surface area contributed by atoms with Gasteiger partial charge in [-0.05, 0) is 6.42 Å². The van der Waals surface area contributed by atoms with Crippen molar-refractivity contribution in [3.8, 4) is 0 Å². The number of nitroso groups, excluding NO2 is 1. The standard InChI is InChI=1S/C9H16Cl2N4O3/c10-3-6-12-8(16)2-1-5-13-9(17)15(14-18)7-4-11/h1-7H2,(H,12,16)(H,13,17). The third kappa shape index (κ3) is 8.08. The Labute approximate surface area is 115 Å². The molecule has 18 heavy (non-hydrogen) atoms. The van der Waals surface area contributed by atoms with Gasteiger partial charge in [0.15, 0.2) is 0 Å². The van der Waals surface area contributed by atoms with Gasteiger partial charge in [0.2, 0.25) is 5.91 Å². The number of carbonyl (C=O) groups excluding carboxylic acids is 2. The molecule has 104 valence electrons. The number of alkyl halides is 2. The molecule has 0 unspecified atom stereocenters. The molecule has 0 spiro atoms. The minimum Gasteiger partial charge on any atom is -0.355 e. The third-order valence-corrected chi connectivity index (χ3v) is 2.26. The van der Waals surface area contributed by atoms with E-state index in [4.69, 9.17) is 23.2 Å². The van der Waals surface area contributed by atoms with E-state index in [9.17, 15) is 14.5 Å². The monoisotopic (exact) mass is 298 g/mol. The minimum absolute atomic E-state index is 0.0487. The number of carbonyl (C=O) groups is 2. The van der Waals surface area contributed by atoms with Crippen molar-refractivity contribution in [2.75, 3.05) is 31.4 Å². The van der Waals surface area contributed by atoms with Gasteiger partial charge < -0.3 is 10.6 Å². The molecule has 0 bridgehead atoms. The Morgan fingerprint density at radius 1 is 1.11 bits per heavy atom. The summed E-state index contributed by atoms with van der Waals surface area (Å²) < 4.78 is 0. The van der Waals surface area contributed by atoms with Crippen molar-refractivity contribution in [1.82, 2.24) is 15.6 Å². The number of nitrogens with zero attached hydrogens (tertiary/aromatic N) is 2. The second kappa shape index (κ2) is 11.0. The highest BCUT2D eigenvalue weighted by atomic mass is 35.5. The Kier molecular flexibility index (Phi) is 10.4. The lowest BCUT2D eigenvalue weighted by molar-refractivity contribution is -0.121. The molecule has 7 nitrogen and oxygen atoms in total. The number of halogens is 2. The Morgan fingerprint density at radius 3 is 2.39 bits per heavy atom. The Hall–Kier alpha value is -1.08. The summed E-state index contributed by atoms with van der Waals surface area (Å²) in [7, 11) is 0. The van der Waals surface area contributed by atoms with Crippen molar-refractivity contribution in [2.24, 2.45) is 5.29 Å². The van der Waals surface area contributed by atoms with Crippen molar-refractivity contribution in [2.45, 2.75) is 12.8 Å². The first kappa shape index (κ1) is 16.9. The molecule has 0 aromatic rings. The van der Waals surface area contributed by atoms with Crippen LogP contribution >= 0.6 is 23.2 Å². The first-order valence-corrected chi connectivity index (χ1v) is 6.49. The second-order valence-electron chi connectivity index (χ2n) is 3.27. The van der Waals surface area contributed by atoms with Crippen LogP contribution in [0.15, 0.2) is 5.29 Å². The highest BCUT2D eigenvalue weighted by Gasteiger charge is 2.12. The molecule has 0 aliphatic carbocycles. The SMILES string of the molecule is O=NN(CCCl)C(=O)NCCCC(=O)NCCCl. The lowest BCUT2D eigenvalue weighted by atomic mass is 10.3. The van der Waals surface area contributed by atoms with E-state index in [1.807, 2.05) is 0 Å². The van der Waals surface area contributed by atoms with E-state index < -0.39 is 6.03 Å². The average molecular weight is 299 g/mol. The molecule has 2 N–H and O–H groups in total. The maximum absolute atomic E-state index is 11.3. The van der Waals surface area contributed by atoms with Crippen molar-refractivity contribution < 1.29 is 9.59 Å². The normalized spacial score (nSPS) is 9.67. The molecule has 0 aliphatic rings. The second-order valence-corrected chi connectivity index (χ2v) is 4.02. The predicted molar refractivity (Wildman–Crippen MR) is 69.6 cm³/mol. The summed E-state index contributed by atoms with van der Waals surface area (Å²) in [6.45, 7) is 0.750. The highest BCUT2D eigenvalue weighted by Crippen LogP contribution is 1.93. The molecule has 0 heterocycles. The van der Waals surface area contributed by atoms with Crippen LogP contribution in [0, 0.1) is 4.91 Å². The van der Waals surface area contributed by atoms with Gasteiger partial charge in [-0.3, -0.25) is 4.79 Å². The molecular formula is C9H16Cl2N4O3. The van der Waals surface area contributed by atoms with Gasteiger partial charge in [0.25, 0.3) is 0 Å². The Balaban J connectivity index is 3.67. The van der Waals surface area contributed by atoms with E-state index in [0.717, 1.165) is 0 Å². The maximum atomic E-state index is 11.3. The van der Waals surface area contributed by atoms with Crippen molar-refractivity contribution in [3.63, 3.8) is 0 Å². The van der Waals surface area contributed by atoms with E-state index in [2.05, 4.69) is 15.9 Å². The molecule has 3 amide bonds. The smallest absolute Gasteiger partial charge is 0.340 e. The molecule has 0 aromatic carbocycles. The lowest BCUT2D eigenvalue weighted by Gasteiger charge is -2.12. The number of amides is 3. The van der Waals surface area contributed by atoms with Crippen LogP contribution in [0.5, 0.6) is 0 Å². The zero-order valence-corrected chi connectivity index (χ0v) is 11.3. The van der Waals surface area contributed by atoms with Crippen LogP contribution in [0.1, 0.15) is 12.8 Å². The maximum Gasteiger partial charge on any atom is 0.340 e. The van der Waals surface area contributed by atoms with Gasteiger partial charge >= 0.3 is 6.03 Å². The van der Waals surface area contributed by atoms with Gasteiger partial charge in [-0.1, -0.05) is 0 Å². The van der Waals surface area contributed by atoms with Gasteiger partial charge in [0.1, 0.15) is 0 Å². The van der Waals surface area contributed by atoms with Crippen LogP contribution < -0.4 is 10.6 Å². The van der Waals surface area contributed by atoms with Crippen LogP contribution in [0.25, 0.3) is 0 Å². The van der Waals surface area contributed by atoms with E-state index in [1.54, 1.807) is 0 Å². The van der Waals surface area contributed by atoms with Crippen molar-refractivity contribution in [1.29, 1.82) is 0 Å². The average Bonchev–Trinajstić information content (AvgIpc) is 2.38. The number of urea groups is 1. The molecule has 9 heteroatoms. The summed E-state index contributed by atoms with van der Waals surface area (Å²) in [5, 5.41) is 8.27. The molecule has 0 radical (unpaired) electrons. The molecule has 0 rings (SSSR count). The largest absolute Gasteiger partial charge is 0.355 e. The van der Waals surface area contributed by atoms with E-state index in [0.29, 0.717) is 23.9 Å². The fraction of sp³-hybridized carbons (Fsp3) is 0.778. The third-order valence-electron chi connectivity index (χ3n) is 1.90. The molecule has 0 aromatic heterocycles. The summed E-state index contributed by atoms with van der Waals surface area (Å²) in [5.74, 6) is 0.358. The quantitative estimate of drug-likeness (QED) is 0.288. The predicted octanol–water partition coefficient (Wildman–Crippen LogP) is 1.05. The van der Waals surface area contributed by atoms with Crippen molar-refractivity contribution >= 4 is 35.1 Å². The number of nitrogens with one attached hydrogen (secondary N) is 2. The summed E-state index contributed by atoms with van der Waals surface area (Å²) in [5.41, 5.74) is 0. The summed E-state index contributed by atoms with van der Waals surface area (Å²) in [4.78, 5) is 32.8. The summed E-state index contributed by atoms with van der Waals surface area (Å²) in [6.07, 6.45) is 0.745. The zero-order chi connectivity index (χ0) is 13.8. The van der Waals surface area contributed by atoms with E-state index in [1.165, 1.54) is 0 Å².